The zero-order valence-corrected chi connectivity index (χ0v) is 10.8. The monoisotopic (exact) mass is 273 g/mol. The normalized spacial score (nSPS) is 12.5. The first-order valence-electron chi connectivity index (χ1n) is 4.93. The lowest BCUT2D eigenvalue weighted by Crippen LogP contribution is -2.32. The third-order valence-corrected chi connectivity index (χ3v) is 2.50. The molecule has 0 saturated heterocycles. The average molecular weight is 274 g/mol. The van der Waals surface area contributed by atoms with Crippen molar-refractivity contribution in [3.8, 4) is 0 Å². The first kappa shape index (κ1) is 12.2. The number of alkyl halides is 1. The molecule has 0 aliphatic rings. The number of carbonyl (C=O) groups excluding carboxylic acids is 1. The largest absolute Gasteiger partial charge is 0.353 e. The van der Waals surface area contributed by atoms with E-state index in [0.717, 1.165) is 11.4 Å². The van der Waals surface area contributed by atoms with E-state index in [1.165, 1.54) is 0 Å². The summed E-state index contributed by atoms with van der Waals surface area (Å²) in [6.07, 6.45) is 0. The molecule has 0 aliphatic heterocycles. The Labute approximate surface area is 98.2 Å². The Morgan fingerprint density at radius 3 is 2.80 bits per heavy atom. The van der Waals surface area contributed by atoms with Gasteiger partial charge in [-0.05, 0) is 26.8 Å². The summed E-state index contributed by atoms with van der Waals surface area (Å²) in [6.45, 7) is 7.10. The van der Waals surface area contributed by atoms with Gasteiger partial charge in [0.05, 0.1) is 17.1 Å². The summed E-state index contributed by atoms with van der Waals surface area (Å²) < 4.78 is 1.90. The highest BCUT2D eigenvalue weighted by atomic mass is 79.9. The van der Waals surface area contributed by atoms with Gasteiger partial charge in [0.25, 0.3) is 0 Å². The molecule has 1 aromatic heterocycles. The minimum Gasteiger partial charge on any atom is -0.353 e. The molecular weight excluding hydrogens is 258 g/mol. The van der Waals surface area contributed by atoms with Crippen LogP contribution in [0.25, 0.3) is 0 Å². The van der Waals surface area contributed by atoms with E-state index in [-0.39, 0.29) is 10.7 Å². The Hall–Kier alpha value is -0.840. The van der Waals surface area contributed by atoms with Crippen molar-refractivity contribution in [1.82, 2.24) is 15.1 Å². The summed E-state index contributed by atoms with van der Waals surface area (Å²) in [5, 5.41) is 7.13. The molecule has 0 bridgehead atoms. The van der Waals surface area contributed by atoms with Crippen molar-refractivity contribution in [3.63, 3.8) is 0 Å². The van der Waals surface area contributed by atoms with Gasteiger partial charge in [-0.2, -0.15) is 5.10 Å². The predicted octanol–water partition coefficient (Wildman–Crippen LogP) is 1.40. The lowest BCUT2D eigenvalue weighted by Gasteiger charge is -2.07. The minimum absolute atomic E-state index is 0.0107. The minimum atomic E-state index is -0.141. The molecule has 1 atom stereocenters. The fourth-order valence-electron chi connectivity index (χ4n) is 1.33. The highest BCUT2D eigenvalue weighted by molar-refractivity contribution is 9.10. The second-order valence-corrected chi connectivity index (χ2v) is 4.93. The van der Waals surface area contributed by atoms with Crippen LogP contribution < -0.4 is 5.32 Å². The van der Waals surface area contributed by atoms with E-state index in [4.69, 9.17) is 0 Å². The summed E-state index contributed by atoms with van der Waals surface area (Å²) in [5.41, 5.74) is 2.13. The van der Waals surface area contributed by atoms with Crippen LogP contribution in [-0.2, 0) is 11.3 Å². The van der Waals surface area contributed by atoms with Gasteiger partial charge in [-0.1, -0.05) is 15.9 Å². The average Bonchev–Trinajstić information content (AvgIpc) is 2.45. The van der Waals surface area contributed by atoms with Crippen molar-refractivity contribution in [2.45, 2.75) is 32.1 Å². The standard InChI is InChI=1S/C10H16BrN3O/c1-7-6-8(2)14(13-7)5-4-12-10(15)9(3)11/h6,9H,4-5H2,1-3H3,(H,12,15). The van der Waals surface area contributed by atoms with Crippen LogP contribution in [0.1, 0.15) is 18.3 Å². The number of halogens is 1. The van der Waals surface area contributed by atoms with Crippen molar-refractivity contribution in [2.24, 2.45) is 0 Å². The Kier molecular flexibility index (Phi) is 4.32. The molecule has 1 amide bonds. The second-order valence-electron chi connectivity index (χ2n) is 3.56. The van der Waals surface area contributed by atoms with Gasteiger partial charge < -0.3 is 5.32 Å². The Bertz CT molecular complexity index is 346. The zero-order valence-electron chi connectivity index (χ0n) is 9.25. The molecule has 1 heterocycles. The fraction of sp³-hybridized carbons (Fsp3) is 0.600. The van der Waals surface area contributed by atoms with Crippen LogP contribution >= 0.6 is 15.9 Å². The predicted molar refractivity (Wildman–Crippen MR) is 63.1 cm³/mol. The first-order chi connectivity index (χ1) is 7.00. The van der Waals surface area contributed by atoms with Crippen molar-refractivity contribution >= 4 is 21.8 Å². The highest BCUT2D eigenvalue weighted by Crippen LogP contribution is 2.01. The van der Waals surface area contributed by atoms with Crippen LogP contribution in [0, 0.1) is 13.8 Å². The molecule has 0 aliphatic carbocycles. The summed E-state index contributed by atoms with van der Waals surface area (Å²) in [7, 11) is 0. The van der Waals surface area contributed by atoms with Crippen LogP contribution in [0.4, 0.5) is 0 Å². The molecule has 15 heavy (non-hydrogen) atoms. The van der Waals surface area contributed by atoms with Crippen molar-refractivity contribution < 1.29 is 4.79 Å². The summed E-state index contributed by atoms with van der Waals surface area (Å²) in [5.74, 6) is 0.0107. The number of nitrogens with zero attached hydrogens (tertiary/aromatic N) is 2. The van der Waals surface area contributed by atoms with Gasteiger partial charge in [-0.3, -0.25) is 9.48 Å². The number of rotatable bonds is 4. The number of hydrogen-bond donors (Lipinski definition) is 1. The lowest BCUT2D eigenvalue weighted by atomic mass is 10.4. The van der Waals surface area contributed by atoms with Crippen LogP contribution in [0.2, 0.25) is 0 Å². The van der Waals surface area contributed by atoms with E-state index in [9.17, 15) is 4.79 Å². The van der Waals surface area contributed by atoms with Gasteiger partial charge in [0.15, 0.2) is 0 Å². The number of carbonyl (C=O) groups is 1. The van der Waals surface area contributed by atoms with Crippen molar-refractivity contribution in [2.75, 3.05) is 6.54 Å². The van der Waals surface area contributed by atoms with E-state index in [2.05, 4.69) is 26.3 Å². The molecule has 1 aromatic rings. The van der Waals surface area contributed by atoms with Gasteiger partial charge >= 0.3 is 0 Å². The molecule has 0 spiro atoms. The summed E-state index contributed by atoms with van der Waals surface area (Å²) in [4.78, 5) is 11.1. The molecule has 1 rings (SSSR count). The van der Waals surface area contributed by atoms with Gasteiger partial charge in [-0.25, -0.2) is 0 Å². The summed E-state index contributed by atoms with van der Waals surface area (Å²) in [6, 6.07) is 2.02. The van der Waals surface area contributed by atoms with E-state index in [1.54, 1.807) is 6.92 Å². The van der Waals surface area contributed by atoms with E-state index in [0.29, 0.717) is 13.1 Å². The number of nitrogens with one attached hydrogen (secondary N) is 1. The lowest BCUT2D eigenvalue weighted by molar-refractivity contribution is -0.120. The topological polar surface area (TPSA) is 46.9 Å². The maximum Gasteiger partial charge on any atom is 0.233 e. The van der Waals surface area contributed by atoms with E-state index < -0.39 is 0 Å². The Balaban J connectivity index is 2.38. The van der Waals surface area contributed by atoms with Gasteiger partial charge in [0, 0.05) is 12.2 Å². The number of amides is 1. The first-order valence-corrected chi connectivity index (χ1v) is 5.85. The quantitative estimate of drug-likeness (QED) is 0.844. The van der Waals surface area contributed by atoms with Crippen molar-refractivity contribution in [1.29, 1.82) is 0 Å². The number of aromatic nitrogens is 2. The molecule has 84 valence electrons. The van der Waals surface area contributed by atoms with Gasteiger partial charge in [0.1, 0.15) is 0 Å². The number of hydrogen-bond acceptors (Lipinski definition) is 2. The van der Waals surface area contributed by atoms with Crippen LogP contribution in [0.5, 0.6) is 0 Å². The van der Waals surface area contributed by atoms with Crippen LogP contribution in [0.15, 0.2) is 6.07 Å². The molecule has 1 unspecified atom stereocenters. The molecule has 1 N–H and O–H groups in total. The Morgan fingerprint density at radius 1 is 1.67 bits per heavy atom. The molecular formula is C10H16BrN3O. The summed E-state index contributed by atoms with van der Waals surface area (Å²) >= 11 is 3.21. The number of aryl methyl sites for hydroxylation is 2. The van der Waals surface area contributed by atoms with E-state index >= 15 is 0 Å². The molecule has 0 saturated carbocycles. The van der Waals surface area contributed by atoms with Crippen LogP contribution in [-0.4, -0.2) is 27.1 Å². The molecule has 0 radical (unpaired) electrons. The Morgan fingerprint density at radius 2 is 2.33 bits per heavy atom. The molecule has 0 aromatic carbocycles. The highest BCUT2D eigenvalue weighted by Gasteiger charge is 2.07. The molecule has 0 fully saturated rings. The van der Waals surface area contributed by atoms with E-state index in [1.807, 2.05) is 24.6 Å². The maximum atomic E-state index is 11.2. The van der Waals surface area contributed by atoms with Gasteiger partial charge in [0.2, 0.25) is 5.91 Å². The third kappa shape index (κ3) is 3.66. The second kappa shape index (κ2) is 5.30. The smallest absolute Gasteiger partial charge is 0.233 e. The third-order valence-electron chi connectivity index (χ3n) is 2.09. The van der Waals surface area contributed by atoms with Crippen LogP contribution in [0.3, 0.4) is 0 Å². The SMILES string of the molecule is Cc1cc(C)n(CCNC(=O)C(C)Br)n1. The fourth-order valence-corrected chi connectivity index (χ4v) is 1.49. The maximum absolute atomic E-state index is 11.2. The molecule has 4 nitrogen and oxygen atoms in total. The van der Waals surface area contributed by atoms with Crippen molar-refractivity contribution in [3.05, 3.63) is 17.5 Å². The zero-order chi connectivity index (χ0) is 11.4. The molecule has 5 heteroatoms. The van der Waals surface area contributed by atoms with Gasteiger partial charge in [-0.15, -0.1) is 0 Å².